The lowest BCUT2D eigenvalue weighted by Crippen LogP contribution is -2.44. The molecule has 26 heavy (non-hydrogen) atoms. The van der Waals surface area contributed by atoms with Gasteiger partial charge >= 0.3 is 5.97 Å². The van der Waals surface area contributed by atoms with Crippen LogP contribution in [0.15, 0.2) is 48.8 Å². The molecule has 1 fully saturated rings. The van der Waals surface area contributed by atoms with E-state index in [1.54, 1.807) is 24.0 Å². The summed E-state index contributed by atoms with van der Waals surface area (Å²) in [6, 6.07) is 11.3. The van der Waals surface area contributed by atoms with Gasteiger partial charge in [0.05, 0.1) is 5.56 Å². The number of amides is 1. The van der Waals surface area contributed by atoms with Gasteiger partial charge in [0.2, 0.25) is 0 Å². The van der Waals surface area contributed by atoms with Crippen molar-refractivity contribution in [2.75, 3.05) is 7.05 Å². The summed E-state index contributed by atoms with van der Waals surface area (Å²) in [5.74, 6) is -0.608. The van der Waals surface area contributed by atoms with Crippen LogP contribution >= 0.6 is 0 Å². The number of hydrogen-bond acceptors (Lipinski definition) is 3. The molecule has 1 aliphatic rings. The predicted octanol–water partition coefficient (Wildman–Crippen LogP) is 3.81. The van der Waals surface area contributed by atoms with E-state index >= 15 is 0 Å². The number of carbonyl (C=O) groups is 2. The normalized spacial score (nSPS) is 16.1. The minimum absolute atomic E-state index is 0.133. The van der Waals surface area contributed by atoms with E-state index in [-0.39, 0.29) is 11.9 Å². The second kappa shape index (κ2) is 8.21. The summed E-state index contributed by atoms with van der Waals surface area (Å²) in [6.07, 6.45) is 8.64. The van der Waals surface area contributed by atoms with Gasteiger partial charge in [0.25, 0.3) is 5.91 Å². The molecule has 1 saturated carbocycles. The Hall–Kier alpha value is -2.56. The fourth-order valence-electron chi connectivity index (χ4n) is 3.51. The van der Waals surface area contributed by atoms with E-state index in [4.69, 9.17) is 4.74 Å². The molecule has 0 saturated heterocycles. The van der Waals surface area contributed by atoms with Crippen LogP contribution in [0.1, 0.15) is 49.4 Å². The topological polar surface area (TPSA) is 51.5 Å². The summed E-state index contributed by atoms with van der Waals surface area (Å²) in [7, 11) is 1.81. The smallest absolute Gasteiger partial charge is 0.338 e. The van der Waals surface area contributed by atoms with Gasteiger partial charge in [-0.1, -0.05) is 25.3 Å². The quantitative estimate of drug-likeness (QED) is 0.767. The molecular weight excluding hydrogens is 328 g/mol. The van der Waals surface area contributed by atoms with Crippen molar-refractivity contribution in [2.24, 2.45) is 0 Å². The van der Waals surface area contributed by atoms with Crippen molar-refractivity contribution < 1.29 is 14.3 Å². The molecule has 1 heterocycles. The third-order valence-corrected chi connectivity index (χ3v) is 5.09. The summed E-state index contributed by atoms with van der Waals surface area (Å²) in [5, 5.41) is 0. The molecule has 5 heteroatoms. The average Bonchev–Trinajstić information content (AvgIpc) is 3.22. The third-order valence-electron chi connectivity index (χ3n) is 5.09. The Bertz CT molecular complexity index is 748. The number of ether oxygens (including phenoxy) is 1. The molecule has 1 unspecified atom stereocenters. The number of hydrogen-bond donors (Lipinski definition) is 0. The first kappa shape index (κ1) is 18.2. The van der Waals surface area contributed by atoms with Crippen molar-refractivity contribution in [3.05, 3.63) is 54.4 Å². The zero-order valence-electron chi connectivity index (χ0n) is 15.4. The number of rotatable bonds is 5. The molecule has 1 aromatic carbocycles. The minimum Gasteiger partial charge on any atom is -0.449 e. The Morgan fingerprint density at radius 1 is 1.12 bits per heavy atom. The average molecular weight is 354 g/mol. The summed E-state index contributed by atoms with van der Waals surface area (Å²) in [4.78, 5) is 26.8. The second-order valence-electron chi connectivity index (χ2n) is 6.93. The molecule has 0 spiro atoms. The summed E-state index contributed by atoms with van der Waals surface area (Å²) < 4.78 is 7.36. The lowest BCUT2D eigenvalue weighted by molar-refractivity contribution is -0.141. The molecule has 1 amide bonds. The van der Waals surface area contributed by atoms with Crippen LogP contribution in [0, 0.1) is 0 Å². The van der Waals surface area contributed by atoms with Crippen LogP contribution in [0.4, 0.5) is 0 Å². The zero-order valence-corrected chi connectivity index (χ0v) is 15.4. The standard InChI is InChI=1S/C21H26N2O3/c1-16(20(24)22(2)18-10-4-3-5-11-18)26-21(25)17-9-8-12-19(15-17)23-13-6-7-14-23/h6-9,12-16,18H,3-5,10-11H2,1-2H3. The molecule has 1 aliphatic carbocycles. The van der Waals surface area contributed by atoms with Crippen LogP contribution < -0.4 is 0 Å². The minimum atomic E-state index is -0.787. The highest BCUT2D eigenvalue weighted by Crippen LogP contribution is 2.22. The first-order chi connectivity index (χ1) is 12.6. The van der Waals surface area contributed by atoms with Crippen molar-refractivity contribution in [3.8, 4) is 5.69 Å². The zero-order chi connectivity index (χ0) is 18.5. The molecule has 0 bridgehead atoms. The van der Waals surface area contributed by atoms with Crippen LogP contribution in [0.3, 0.4) is 0 Å². The molecule has 1 aromatic heterocycles. The molecule has 2 aromatic rings. The van der Waals surface area contributed by atoms with Crippen LogP contribution in [0.2, 0.25) is 0 Å². The fraction of sp³-hybridized carbons (Fsp3) is 0.429. The van der Waals surface area contributed by atoms with Crippen LogP contribution in [-0.2, 0) is 9.53 Å². The molecule has 0 radical (unpaired) electrons. The maximum absolute atomic E-state index is 12.6. The van der Waals surface area contributed by atoms with E-state index in [9.17, 15) is 9.59 Å². The van der Waals surface area contributed by atoms with E-state index in [2.05, 4.69) is 0 Å². The molecular formula is C21H26N2O3. The highest BCUT2D eigenvalue weighted by atomic mass is 16.5. The van der Waals surface area contributed by atoms with E-state index in [0.29, 0.717) is 5.56 Å². The lowest BCUT2D eigenvalue weighted by atomic mass is 9.94. The van der Waals surface area contributed by atoms with Crippen LogP contribution in [-0.4, -0.2) is 40.5 Å². The van der Waals surface area contributed by atoms with E-state index in [0.717, 1.165) is 31.4 Å². The maximum Gasteiger partial charge on any atom is 0.338 e. The molecule has 0 N–H and O–H groups in total. The molecule has 1 atom stereocenters. The first-order valence-electron chi connectivity index (χ1n) is 9.27. The number of benzene rings is 1. The van der Waals surface area contributed by atoms with Gasteiger partial charge in [0.1, 0.15) is 0 Å². The van der Waals surface area contributed by atoms with Crippen molar-refractivity contribution >= 4 is 11.9 Å². The lowest BCUT2D eigenvalue weighted by Gasteiger charge is -2.32. The predicted molar refractivity (Wildman–Crippen MR) is 100 cm³/mol. The van der Waals surface area contributed by atoms with Crippen molar-refractivity contribution in [3.63, 3.8) is 0 Å². The largest absolute Gasteiger partial charge is 0.449 e. The number of carbonyl (C=O) groups excluding carboxylic acids is 2. The number of likely N-dealkylation sites (N-methyl/N-ethyl adjacent to an activating group) is 1. The van der Waals surface area contributed by atoms with Gasteiger partial charge in [-0.3, -0.25) is 4.79 Å². The van der Waals surface area contributed by atoms with Gasteiger partial charge < -0.3 is 14.2 Å². The maximum atomic E-state index is 12.6. The Morgan fingerprint density at radius 3 is 2.50 bits per heavy atom. The van der Waals surface area contributed by atoms with Crippen molar-refractivity contribution in [1.29, 1.82) is 0 Å². The Morgan fingerprint density at radius 2 is 1.81 bits per heavy atom. The van der Waals surface area contributed by atoms with Crippen molar-refractivity contribution in [1.82, 2.24) is 9.47 Å². The summed E-state index contributed by atoms with van der Waals surface area (Å²) in [5.41, 5.74) is 1.32. The van der Waals surface area contributed by atoms with Crippen molar-refractivity contribution in [2.45, 2.75) is 51.2 Å². The number of esters is 1. The van der Waals surface area contributed by atoms with Crippen LogP contribution in [0.5, 0.6) is 0 Å². The highest BCUT2D eigenvalue weighted by molar-refractivity contribution is 5.92. The Labute approximate surface area is 154 Å². The molecule has 3 rings (SSSR count). The number of nitrogens with zero attached hydrogens (tertiary/aromatic N) is 2. The van der Waals surface area contributed by atoms with Gasteiger partial charge in [0.15, 0.2) is 6.10 Å². The van der Waals surface area contributed by atoms with E-state index in [1.807, 2.05) is 48.3 Å². The van der Waals surface area contributed by atoms with Gasteiger partial charge in [-0.15, -0.1) is 0 Å². The Balaban J connectivity index is 1.63. The van der Waals surface area contributed by atoms with Crippen LogP contribution in [0.25, 0.3) is 5.69 Å². The Kier molecular flexibility index (Phi) is 5.76. The van der Waals surface area contributed by atoms with E-state index in [1.165, 1.54) is 6.42 Å². The molecule has 138 valence electrons. The van der Waals surface area contributed by atoms with Gasteiger partial charge in [-0.05, 0) is 50.1 Å². The SMILES string of the molecule is CC(OC(=O)c1cccc(-n2cccc2)c1)C(=O)N(C)C1CCCCC1. The molecule has 0 aliphatic heterocycles. The number of aromatic nitrogens is 1. The van der Waals surface area contributed by atoms with Gasteiger partial charge in [-0.25, -0.2) is 4.79 Å². The summed E-state index contributed by atoms with van der Waals surface area (Å²) >= 11 is 0. The first-order valence-corrected chi connectivity index (χ1v) is 9.27. The van der Waals surface area contributed by atoms with Gasteiger partial charge in [0, 0.05) is 31.2 Å². The molecule has 5 nitrogen and oxygen atoms in total. The highest BCUT2D eigenvalue weighted by Gasteiger charge is 2.28. The third kappa shape index (κ3) is 4.15. The summed E-state index contributed by atoms with van der Waals surface area (Å²) in [6.45, 7) is 1.65. The van der Waals surface area contributed by atoms with E-state index < -0.39 is 12.1 Å². The van der Waals surface area contributed by atoms with Gasteiger partial charge in [-0.2, -0.15) is 0 Å². The fourth-order valence-corrected chi connectivity index (χ4v) is 3.51. The monoisotopic (exact) mass is 354 g/mol. The second-order valence-corrected chi connectivity index (χ2v) is 6.93.